The molecule has 0 heterocycles. The first-order valence-corrected chi connectivity index (χ1v) is 4.54. The van der Waals surface area contributed by atoms with Gasteiger partial charge in [0.05, 0.1) is 13.2 Å². The molecule has 0 aliphatic carbocycles. The molecule has 0 aliphatic heterocycles. The molecule has 0 aromatic heterocycles. The molecule has 3 heteroatoms. The predicted octanol–water partition coefficient (Wildman–Crippen LogP) is 1.65. The van der Waals surface area contributed by atoms with Crippen LogP contribution in [0.4, 0.5) is 0 Å². The highest BCUT2D eigenvalue weighted by molar-refractivity contribution is 5.87. The van der Waals surface area contributed by atoms with Crippen LogP contribution in [0.15, 0.2) is 0 Å². The zero-order valence-electron chi connectivity index (χ0n) is 9.22. The number of rotatable bonds is 5. The summed E-state index contributed by atoms with van der Waals surface area (Å²) in [5, 5.41) is 0. The van der Waals surface area contributed by atoms with E-state index < -0.39 is 0 Å². The van der Waals surface area contributed by atoms with Crippen molar-refractivity contribution in [2.24, 2.45) is 5.41 Å². The van der Waals surface area contributed by atoms with Gasteiger partial charge in [0, 0.05) is 12.5 Å². The Bertz CT molecular complexity index is 158. The van der Waals surface area contributed by atoms with Crippen molar-refractivity contribution in [2.75, 3.05) is 20.3 Å². The van der Waals surface area contributed by atoms with Crippen molar-refractivity contribution in [2.45, 2.75) is 33.8 Å². The number of carbonyl (C=O) groups excluding carboxylic acids is 1. The van der Waals surface area contributed by atoms with Crippen LogP contribution < -0.4 is 0 Å². The van der Waals surface area contributed by atoms with Gasteiger partial charge in [-0.1, -0.05) is 20.8 Å². The van der Waals surface area contributed by atoms with Crippen molar-refractivity contribution in [1.82, 2.24) is 0 Å². The molecular formula is C10H20O3. The number of methoxy groups -OCH3 is 1. The van der Waals surface area contributed by atoms with Crippen LogP contribution in [-0.4, -0.2) is 32.2 Å². The van der Waals surface area contributed by atoms with E-state index in [4.69, 9.17) is 9.47 Å². The summed E-state index contributed by atoms with van der Waals surface area (Å²) in [7, 11) is 1.61. The highest BCUT2D eigenvalue weighted by Crippen LogP contribution is 2.17. The van der Waals surface area contributed by atoms with E-state index in [1.54, 1.807) is 14.0 Å². The van der Waals surface area contributed by atoms with E-state index in [2.05, 4.69) is 0 Å². The minimum Gasteiger partial charge on any atom is -0.382 e. The van der Waals surface area contributed by atoms with Crippen molar-refractivity contribution in [3.8, 4) is 0 Å². The lowest BCUT2D eigenvalue weighted by molar-refractivity contribution is -0.138. The second kappa shape index (κ2) is 5.35. The SMILES string of the molecule is COCCOC(C)C(=O)C(C)(C)C. The van der Waals surface area contributed by atoms with E-state index in [-0.39, 0.29) is 17.3 Å². The summed E-state index contributed by atoms with van der Waals surface area (Å²) in [6.07, 6.45) is -0.338. The third-order valence-corrected chi connectivity index (χ3v) is 1.76. The summed E-state index contributed by atoms with van der Waals surface area (Å²) in [5.41, 5.74) is -0.327. The van der Waals surface area contributed by atoms with Crippen molar-refractivity contribution in [1.29, 1.82) is 0 Å². The Morgan fingerprint density at radius 2 is 1.85 bits per heavy atom. The molecule has 0 spiro atoms. The van der Waals surface area contributed by atoms with Crippen LogP contribution in [0.5, 0.6) is 0 Å². The van der Waals surface area contributed by atoms with Crippen LogP contribution in [0.25, 0.3) is 0 Å². The number of ketones is 1. The fourth-order valence-corrected chi connectivity index (χ4v) is 0.994. The zero-order chi connectivity index (χ0) is 10.5. The van der Waals surface area contributed by atoms with Gasteiger partial charge in [0.2, 0.25) is 0 Å². The molecule has 1 unspecified atom stereocenters. The predicted molar refractivity (Wildman–Crippen MR) is 51.8 cm³/mol. The summed E-state index contributed by atoms with van der Waals surface area (Å²) in [6, 6.07) is 0. The van der Waals surface area contributed by atoms with Crippen LogP contribution in [-0.2, 0) is 14.3 Å². The summed E-state index contributed by atoms with van der Waals surface area (Å²) < 4.78 is 10.1. The molecule has 0 bridgehead atoms. The van der Waals surface area contributed by atoms with E-state index in [0.717, 1.165) is 0 Å². The van der Waals surface area contributed by atoms with Crippen LogP contribution in [0.3, 0.4) is 0 Å². The maximum Gasteiger partial charge on any atom is 0.166 e. The molecule has 13 heavy (non-hydrogen) atoms. The highest BCUT2D eigenvalue weighted by atomic mass is 16.5. The third-order valence-electron chi connectivity index (χ3n) is 1.76. The Kier molecular flexibility index (Phi) is 5.18. The summed E-state index contributed by atoms with van der Waals surface area (Å²) in [6.45, 7) is 8.47. The molecule has 0 aromatic carbocycles. The van der Waals surface area contributed by atoms with Crippen molar-refractivity contribution in [3.05, 3.63) is 0 Å². The lowest BCUT2D eigenvalue weighted by atomic mass is 9.88. The van der Waals surface area contributed by atoms with Gasteiger partial charge in [-0.15, -0.1) is 0 Å². The van der Waals surface area contributed by atoms with Crippen LogP contribution >= 0.6 is 0 Å². The van der Waals surface area contributed by atoms with Gasteiger partial charge in [-0.3, -0.25) is 4.79 Å². The zero-order valence-corrected chi connectivity index (χ0v) is 9.22. The molecule has 1 atom stereocenters. The molecule has 0 aromatic rings. The van der Waals surface area contributed by atoms with Crippen LogP contribution in [0.1, 0.15) is 27.7 Å². The van der Waals surface area contributed by atoms with Crippen molar-refractivity contribution >= 4 is 5.78 Å². The topological polar surface area (TPSA) is 35.5 Å². The van der Waals surface area contributed by atoms with E-state index in [1.807, 2.05) is 20.8 Å². The molecule has 0 rings (SSSR count). The number of hydrogen-bond acceptors (Lipinski definition) is 3. The Labute approximate surface area is 80.4 Å². The molecular weight excluding hydrogens is 168 g/mol. The Hall–Kier alpha value is -0.410. The van der Waals surface area contributed by atoms with Gasteiger partial charge in [-0.25, -0.2) is 0 Å². The molecule has 0 fully saturated rings. The lowest BCUT2D eigenvalue weighted by Crippen LogP contribution is -2.33. The maximum absolute atomic E-state index is 11.6. The number of ether oxygens (including phenoxy) is 2. The second-order valence-corrected chi connectivity index (χ2v) is 4.12. The minimum atomic E-state index is -0.338. The minimum absolute atomic E-state index is 0.128. The quantitative estimate of drug-likeness (QED) is 0.615. The summed E-state index contributed by atoms with van der Waals surface area (Å²) in [4.78, 5) is 11.6. The first-order valence-electron chi connectivity index (χ1n) is 4.54. The normalized spacial score (nSPS) is 14.2. The number of hydrogen-bond donors (Lipinski definition) is 0. The fourth-order valence-electron chi connectivity index (χ4n) is 0.994. The maximum atomic E-state index is 11.6. The van der Waals surface area contributed by atoms with Crippen molar-refractivity contribution < 1.29 is 14.3 Å². The number of Topliss-reactive ketones (excluding diaryl/α,β-unsaturated/α-hetero) is 1. The van der Waals surface area contributed by atoms with Gasteiger partial charge in [0.1, 0.15) is 6.10 Å². The lowest BCUT2D eigenvalue weighted by Gasteiger charge is -2.21. The Balaban J connectivity index is 3.84. The first-order chi connectivity index (χ1) is 5.89. The average molecular weight is 188 g/mol. The van der Waals surface area contributed by atoms with Gasteiger partial charge in [-0.2, -0.15) is 0 Å². The molecule has 0 radical (unpaired) electrons. The van der Waals surface area contributed by atoms with Gasteiger partial charge in [0.15, 0.2) is 5.78 Å². The van der Waals surface area contributed by atoms with Crippen molar-refractivity contribution in [3.63, 3.8) is 0 Å². The fraction of sp³-hybridized carbons (Fsp3) is 0.900. The van der Waals surface area contributed by atoms with Gasteiger partial charge in [-0.05, 0) is 6.92 Å². The first kappa shape index (κ1) is 12.6. The molecule has 78 valence electrons. The highest BCUT2D eigenvalue weighted by Gasteiger charge is 2.26. The number of carbonyl (C=O) groups is 1. The molecule has 0 aliphatic rings. The molecule has 0 saturated carbocycles. The molecule has 0 amide bonds. The van der Waals surface area contributed by atoms with Crippen LogP contribution in [0.2, 0.25) is 0 Å². The molecule has 0 N–H and O–H groups in total. The van der Waals surface area contributed by atoms with E-state index in [0.29, 0.717) is 13.2 Å². The average Bonchev–Trinajstić information content (AvgIpc) is 2.01. The van der Waals surface area contributed by atoms with Gasteiger partial charge < -0.3 is 9.47 Å². The van der Waals surface area contributed by atoms with E-state index in [9.17, 15) is 4.79 Å². The van der Waals surface area contributed by atoms with E-state index in [1.165, 1.54) is 0 Å². The molecule has 0 saturated heterocycles. The van der Waals surface area contributed by atoms with E-state index >= 15 is 0 Å². The molecule has 3 nitrogen and oxygen atoms in total. The Morgan fingerprint density at radius 1 is 1.31 bits per heavy atom. The largest absolute Gasteiger partial charge is 0.382 e. The second-order valence-electron chi connectivity index (χ2n) is 4.12. The standard InChI is InChI=1S/C10H20O3/c1-8(13-7-6-12-5)9(11)10(2,3)4/h8H,6-7H2,1-5H3. The third kappa shape index (κ3) is 5.01. The summed E-state index contributed by atoms with van der Waals surface area (Å²) >= 11 is 0. The monoisotopic (exact) mass is 188 g/mol. The Morgan fingerprint density at radius 3 is 2.23 bits per heavy atom. The van der Waals surface area contributed by atoms with Crippen LogP contribution in [0, 0.1) is 5.41 Å². The van der Waals surface area contributed by atoms with Gasteiger partial charge in [0.25, 0.3) is 0 Å². The van der Waals surface area contributed by atoms with Gasteiger partial charge >= 0.3 is 0 Å². The smallest absolute Gasteiger partial charge is 0.166 e. The summed E-state index contributed by atoms with van der Waals surface area (Å²) in [5.74, 6) is 0.128.